The van der Waals surface area contributed by atoms with Crippen LogP contribution in [0.2, 0.25) is 0 Å². The van der Waals surface area contributed by atoms with Gasteiger partial charge >= 0.3 is 6.03 Å². The topological polar surface area (TPSA) is 121 Å². The quantitative estimate of drug-likeness (QED) is 0.623. The number of fused-ring (bicyclic) bond motifs is 1. The van der Waals surface area contributed by atoms with Crippen LogP contribution in [-0.2, 0) is 13.1 Å². The van der Waals surface area contributed by atoms with Crippen LogP contribution >= 0.6 is 0 Å². The lowest BCUT2D eigenvalue weighted by Crippen LogP contribution is -2.34. The van der Waals surface area contributed by atoms with Crippen LogP contribution in [0.5, 0.6) is 17.4 Å². The van der Waals surface area contributed by atoms with Crippen LogP contribution in [0, 0.1) is 0 Å². The van der Waals surface area contributed by atoms with E-state index in [0.717, 1.165) is 5.56 Å². The van der Waals surface area contributed by atoms with Crippen molar-refractivity contribution in [2.75, 3.05) is 13.4 Å². The Morgan fingerprint density at radius 1 is 1.14 bits per heavy atom. The lowest BCUT2D eigenvalue weighted by molar-refractivity contribution is 0.174. The number of pyridine rings is 1. The third-order valence-corrected chi connectivity index (χ3v) is 4.05. The van der Waals surface area contributed by atoms with Crippen molar-refractivity contribution in [2.45, 2.75) is 20.0 Å². The van der Waals surface area contributed by atoms with Crippen molar-refractivity contribution in [2.24, 2.45) is 0 Å². The first-order valence-electron chi connectivity index (χ1n) is 9.03. The molecule has 0 unspecified atom stereocenters. The molecule has 10 nitrogen and oxygen atoms in total. The number of nitrogens with one attached hydrogen (secondary N) is 2. The molecule has 4 rings (SSSR count). The summed E-state index contributed by atoms with van der Waals surface area (Å²) in [7, 11) is 0. The molecule has 0 aliphatic carbocycles. The minimum absolute atomic E-state index is 0.102. The molecule has 2 N–H and O–H groups in total. The van der Waals surface area contributed by atoms with Crippen LogP contribution in [0.3, 0.4) is 0 Å². The van der Waals surface area contributed by atoms with E-state index in [1.807, 2.05) is 25.1 Å². The van der Waals surface area contributed by atoms with Crippen molar-refractivity contribution in [1.29, 1.82) is 0 Å². The van der Waals surface area contributed by atoms with Gasteiger partial charge in [-0.3, -0.25) is 0 Å². The van der Waals surface area contributed by atoms with Crippen molar-refractivity contribution in [1.82, 2.24) is 25.8 Å². The van der Waals surface area contributed by atoms with E-state index in [2.05, 4.69) is 25.8 Å². The van der Waals surface area contributed by atoms with Gasteiger partial charge in [-0.1, -0.05) is 11.2 Å². The Morgan fingerprint density at radius 3 is 2.83 bits per heavy atom. The van der Waals surface area contributed by atoms with Gasteiger partial charge in [0.05, 0.1) is 13.2 Å². The van der Waals surface area contributed by atoms with Crippen molar-refractivity contribution in [3.63, 3.8) is 0 Å². The highest BCUT2D eigenvalue weighted by Crippen LogP contribution is 2.32. The molecule has 1 aromatic carbocycles. The highest BCUT2D eigenvalue weighted by atomic mass is 16.7. The van der Waals surface area contributed by atoms with E-state index in [4.69, 9.17) is 18.7 Å². The molecule has 0 radical (unpaired) electrons. The highest BCUT2D eigenvalue weighted by molar-refractivity contribution is 5.73. The molecule has 0 fully saturated rings. The van der Waals surface area contributed by atoms with E-state index in [9.17, 15) is 4.79 Å². The molecule has 150 valence electrons. The van der Waals surface area contributed by atoms with Gasteiger partial charge < -0.3 is 29.4 Å². The number of nitrogens with zero attached hydrogens (tertiary/aromatic N) is 3. The fraction of sp³-hybridized carbons (Fsp3) is 0.263. The van der Waals surface area contributed by atoms with Gasteiger partial charge in [0, 0.05) is 24.4 Å². The Hall–Kier alpha value is -3.82. The monoisotopic (exact) mass is 397 g/mol. The zero-order valence-corrected chi connectivity index (χ0v) is 15.7. The maximum Gasteiger partial charge on any atom is 0.315 e. The van der Waals surface area contributed by atoms with Crippen LogP contribution in [0.4, 0.5) is 4.79 Å². The lowest BCUT2D eigenvalue weighted by Gasteiger charge is -2.06. The summed E-state index contributed by atoms with van der Waals surface area (Å²) in [6.07, 6.45) is 1.60. The van der Waals surface area contributed by atoms with Crippen LogP contribution in [0.1, 0.15) is 18.4 Å². The third-order valence-electron chi connectivity index (χ3n) is 4.05. The molecule has 0 spiro atoms. The number of urea groups is 1. The molecule has 3 heterocycles. The number of aromatic nitrogens is 3. The molecular formula is C19H19N5O5. The number of benzene rings is 1. The number of ether oxygens (including phenoxy) is 3. The van der Waals surface area contributed by atoms with Crippen LogP contribution in [0.15, 0.2) is 41.1 Å². The molecule has 0 atom stereocenters. The van der Waals surface area contributed by atoms with Crippen molar-refractivity contribution in [3.8, 4) is 28.8 Å². The minimum atomic E-state index is -0.356. The summed E-state index contributed by atoms with van der Waals surface area (Å²) >= 11 is 0. The predicted octanol–water partition coefficient (Wildman–Crippen LogP) is 2.26. The van der Waals surface area contributed by atoms with Gasteiger partial charge in [0.1, 0.15) is 0 Å². The number of hydrogen-bond donors (Lipinski definition) is 2. The molecular weight excluding hydrogens is 378 g/mol. The second kappa shape index (κ2) is 8.46. The first-order valence-corrected chi connectivity index (χ1v) is 9.03. The summed E-state index contributed by atoms with van der Waals surface area (Å²) < 4.78 is 21.0. The van der Waals surface area contributed by atoms with Gasteiger partial charge in [0.25, 0.3) is 0 Å². The van der Waals surface area contributed by atoms with Gasteiger partial charge in [-0.05, 0) is 30.7 Å². The Bertz CT molecular complexity index is 989. The molecule has 3 aromatic rings. The van der Waals surface area contributed by atoms with E-state index in [1.54, 1.807) is 18.3 Å². The second-order valence-corrected chi connectivity index (χ2v) is 6.05. The molecule has 10 heteroatoms. The number of rotatable bonds is 7. The van der Waals surface area contributed by atoms with Crippen molar-refractivity contribution < 1.29 is 23.5 Å². The Balaban J connectivity index is 1.26. The Morgan fingerprint density at radius 2 is 2.00 bits per heavy atom. The standard InChI is InChI=1S/C19H19N5O5/c1-2-26-16-6-4-13(9-20-16)18-23-17(29-24-18)10-22-19(25)21-8-12-3-5-14-15(7-12)28-11-27-14/h3-7,9H,2,8,10-11H2,1H3,(H2,21,22,25). The molecule has 29 heavy (non-hydrogen) atoms. The molecule has 0 saturated carbocycles. The van der Waals surface area contributed by atoms with Gasteiger partial charge in [0.2, 0.25) is 24.4 Å². The van der Waals surface area contributed by atoms with Gasteiger partial charge in [-0.25, -0.2) is 9.78 Å². The average Bonchev–Trinajstić information content (AvgIpc) is 3.40. The average molecular weight is 397 g/mol. The molecule has 0 bridgehead atoms. The number of amides is 2. The maximum atomic E-state index is 12.0. The van der Waals surface area contributed by atoms with Crippen LogP contribution < -0.4 is 24.8 Å². The fourth-order valence-corrected chi connectivity index (χ4v) is 2.64. The van der Waals surface area contributed by atoms with Crippen LogP contribution in [-0.4, -0.2) is 34.6 Å². The lowest BCUT2D eigenvalue weighted by atomic mass is 10.2. The third kappa shape index (κ3) is 4.54. The molecule has 0 saturated heterocycles. The summed E-state index contributed by atoms with van der Waals surface area (Å²) in [5.41, 5.74) is 1.59. The summed E-state index contributed by atoms with van der Waals surface area (Å²) in [4.78, 5) is 20.4. The highest BCUT2D eigenvalue weighted by Gasteiger charge is 2.14. The molecule has 1 aliphatic heterocycles. The van der Waals surface area contributed by atoms with Gasteiger partial charge in [0.15, 0.2) is 11.5 Å². The van der Waals surface area contributed by atoms with E-state index >= 15 is 0 Å². The SMILES string of the molecule is CCOc1ccc(-c2noc(CNC(=O)NCc3ccc4c(c3)OCO4)n2)cn1. The number of carbonyl (C=O) groups is 1. The minimum Gasteiger partial charge on any atom is -0.478 e. The van der Waals surface area contributed by atoms with Crippen molar-refractivity contribution >= 4 is 6.03 Å². The van der Waals surface area contributed by atoms with Gasteiger partial charge in [-0.2, -0.15) is 4.98 Å². The Kier molecular flexibility index (Phi) is 5.41. The zero-order chi connectivity index (χ0) is 20.1. The van der Waals surface area contributed by atoms with Gasteiger partial charge in [-0.15, -0.1) is 0 Å². The normalized spacial score (nSPS) is 11.9. The van der Waals surface area contributed by atoms with E-state index in [1.165, 1.54) is 0 Å². The molecule has 1 aliphatic rings. The summed E-state index contributed by atoms with van der Waals surface area (Å²) in [5, 5.41) is 9.33. The number of carbonyl (C=O) groups excluding carboxylic acids is 1. The smallest absolute Gasteiger partial charge is 0.315 e. The fourth-order valence-electron chi connectivity index (χ4n) is 2.64. The second-order valence-electron chi connectivity index (χ2n) is 6.05. The maximum absolute atomic E-state index is 12.0. The van der Waals surface area contributed by atoms with Crippen LogP contribution in [0.25, 0.3) is 11.4 Å². The number of hydrogen-bond acceptors (Lipinski definition) is 8. The molecule has 2 amide bonds. The first-order chi connectivity index (χ1) is 14.2. The van der Waals surface area contributed by atoms with E-state index in [0.29, 0.717) is 41.9 Å². The van der Waals surface area contributed by atoms with Crippen molar-refractivity contribution in [3.05, 3.63) is 48.0 Å². The predicted molar refractivity (Wildman–Crippen MR) is 100 cm³/mol. The molecule has 2 aromatic heterocycles. The summed E-state index contributed by atoms with van der Waals surface area (Å²) in [6, 6.07) is 8.67. The largest absolute Gasteiger partial charge is 0.478 e. The summed E-state index contributed by atoms with van der Waals surface area (Å²) in [5.74, 6) is 2.58. The van der Waals surface area contributed by atoms with E-state index in [-0.39, 0.29) is 25.3 Å². The zero-order valence-electron chi connectivity index (χ0n) is 15.7. The Labute approximate surface area is 166 Å². The summed E-state index contributed by atoms with van der Waals surface area (Å²) in [6.45, 7) is 3.09. The first kappa shape index (κ1) is 18.5. The van der Waals surface area contributed by atoms with E-state index < -0.39 is 0 Å².